The van der Waals surface area contributed by atoms with Crippen molar-refractivity contribution >= 4 is 44.8 Å². The van der Waals surface area contributed by atoms with Gasteiger partial charge in [0.2, 0.25) is 15.9 Å². The predicted octanol–water partition coefficient (Wildman–Crippen LogP) is 1.38. The van der Waals surface area contributed by atoms with Gasteiger partial charge in [0.05, 0.1) is 10.0 Å². The average Bonchev–Trinajstić information content (AvgIpc) is 3.16. The van der Waals surface area contributed by atoms with Gasteiger partial charge in [0.25, 0.3) is 0 Å². The molecule has 0 aromatic heterocycles. The van der Waals surface area contributed by atoms with Crippen LogP contribution in [0.1, 0.15) is 12.8 Å². The molecule has 1 aliphatic rings. The van der Waals surface area contributed by atoms with Crippen LogP contribution >= 0.6 is 23.2 Å². The van der Waals surface area contributed by atoms with Gasteiger partial charge in [-0.15, -0.1) is 0 Å². The molecule has 0 heterocycles. The molecule has 0 aliphatic heterocycles. The fourth-order valence-corrected chi connectivity index (χ4v) is 4.03. The van der Waals surface area contributed by atoms with Gasteiger partial charge in [0.15, 0.2) is 0 Å². The van der Waals surface area contributed by atoms with Crippen LogP contribution in [-0.4, -0.2) is 27.4 Å². The molecule has 21 heavy (non-hydrogen) atoms. The lowest BCUT2D eigenvalue weighted by Crippen LogP contribution is -2.35. The van der Waals surface area contributed by atoms with Crippen molar-refractivity contribution < 1.29 is 13.2 Å². The minimum atomic E-state index is -3.86. The number of hydrogen-bond donors (Lipinski definition) is 3. The summed E-state index contributed by atoms with van der Waals surface area (Å²) < 4.78 is 26.6. The van der Waals surface area contributed by atoms with Gasteiger partial charge in [-0.3, -0.25) is 4.79 Å². The van der Waals surface area contributed by atoms with Gasteiger partial charge >= 0.3 is 0 Å². The quantitative estimate of drug-likeness (QED) is 0.532. The molecule has 9 heteroatoms. The maximum atomic E-state index is 12.1. The van der Waals surface area contributed by atoms with Crippen LogP contribution in [0.15, 0.2) is 17.0 Å². The molecule has 0 unspecified atom stereocenters. The number of halogens is 2. The smallest absolute Gasteiger partial charge is 0.243 e. The molecule has 1 saturated carbocycles. The number of sulfonamides is 1. The second-order valence-corrected chi connectivity index (χ2v) is 7.29. The number of nitrogens with one attached hydrogen (secondary N) is 2. The molecule has 0 spiro atoms. The molecular weight excluding hydrogens is 337 g/mol. The van der Waals surface area contributed by atoms with Gasteiger partial charge in [0.1, 0.15) is 4.90 Å². The SMILES string of the molecule is Nc1cc(Cl)c(S(=O)(=O)NCCNC(=O)C2CC2)c(Cl)c1. The highest BCUT2D eigenvalue weighted by molar-refractivity contribution is 7.89. The molecule has 2 rings (SSSR count). The monoisotopic (exact) mass is 351 g/mol. The summed E-state index contributed by atoms with van der Waals surface area (Å²) >= 11 is 11.8. The lowest BCUT2D eigenvalue weighted by Gasteiger charge is -2.11. The summed E-state index contributed by atoms with van der Waals surface area (Å²) in [6.07, 6.45) is 1.79. The first-order valence-corrected chi connectivity index (χ1v) is 8.57. The zero-order chi connectivity index (χ0) is 15.6. The standard InChI is InChI=1S/C12H15Cl2N3O3S/c13-9-5-8(15)6-10(14)11(9)21(19,20)17-4-3-16-12(18)7-1-2-7/h5-7,17H,1-4,15H2,(H,16,18). The Morgan fingerprint density at radius 1 is 1.24 bits per heavy atom. The summed E-state index contributed by atoms with van der Waals surface area (Å²) in [5.41, 5.74) is 5.81. The molecular formula is C12H15Cl2N3O3S. The summed E-state index contributed by atoms with van der Waals surface area (Å²) in [5.74, 6) is 0.0420. The highest BCUT2D eigenvalue weighted by atomic mass is 35.5. The van der Waals surface area contributed by atoms with E-state index >= 15 is 0 Å². The molecule has 1 aromatic rings. The molecule has 1 fully saturated rings. The van der Waals surface area contributed by atoms with Crippen LogP contribution in [0.3, 0.4) is 0 Å². The molecule has 1 aromatic carbocycles. The number of carbonyl (C=O) groups is 1. The third-order valence-electron chi connectivity index (χ3n) is 2.95. The van der Waals surface area contributed by atoms with E-state index in [-0.39, 0.29) is 45.5 Å². The topological polar surface area (TPSA) is 101 Å². The zero-order valence-corrected chi connectivity index (χ0v) is 13.4. The van der Waals surface area contributed by atoms with Crippen molar-refractivity contribution in [2.45, 2.75) is 17.7 Å². The average molecular weight is 352 g/mol. The maximum absolute atomic E-state index is 12.1. The van der Waals surface area contributed by atoms with E-state index in [4.69, 9.17) is 28.9 Å². The number of nitrogen functional groups attached to an aromatic ring is 1. The molecule has 116 valence electrons. The summed E-state index contributed by atoms with van der Waals surface area (Å²) in [6.45, 7) is 0.261. The highest BCUT2D eigenvalue weighted by Crippen LogP contribution is 2.31. The molecule has 1 amide bonds. The van der Waals surface area contributed by atoms with Crippen molar-refractivity contribution in [2.75, 3.05) is 18.8 Å². The number of benzene rings is 1. The van der Waals surface area contributed by atoms with Crippen LogP contribution < -0.4 is 15.8 Å². The van der Waals surface area contributed by atoms with Crippen LogP contribution in [0.2, 0.25) is 10.0 Å². The fourth-order valence-electron chi connectivity index (χ4n) is 1.77. The second-order valence-electron chi connectivity index (χ2n) is 4.78. The number of amides is 1. The van der Waals surface area contributed by atoms with Crippen molar-refractivity contribution in [1.29, 1.82) is 0 Å². The maximum Gasteiger partial charge on any atom is 0.243 e. The molecule has 1 aliphatic carbocycles. The van der Waals surface area contributed by atoms with Crippen molar-refractivity contribution in [3.05, 3.63) is 22.2 Å². The summed E-state index contributed by atoms with van der Waals surface area (Å²) in [6, 6.07) is 2.63. The first-order valence-electron chi connectivity index (χ1n) is 6.33. The molecule has 0 saturated heterocycles. The van der Waals surface area contributed by atoms with Crippen LogP contribution in [0.25, 0.3) is 0 Å². The Labute approximate surface area is 133 Å². The van der Waals surface area contributed by atoms with Crippen molar-refractivity contribution in [1.82, 2.24) is 10.0 Å². The van der Waals surface area contributed by atoms with Gasteiger partial charge in [-0.1, -0.05) is 23.2 Å². The Kier molecular flexibility index (Phi) is 4.98. The first kappa shape index (κ1) is 16.4. The van der Waals surface area contributed by atoms with Gasteiger partial charge in [-0.05, 0) is 25.0 Å². The van der Waals surface area contributed by atoms with Crippen molar-refractivity contribution in [3.8, 4) is 0 Å². The highest BCUT2D eigenvalue weighted by Gasteiger charge is 2.29. The van der Waals surface area contributed by atoms with E-state index in [0.29, 0.717) is 0 Å². The largest absolute Gasteiger partial charge is 0.399 e. The summed E-state index contributed by atoms with van der Waals surface area (Å²) in [5, 5.41) is 2.56. The zero-order valence-electron chi connectivity index (χ0n) is 11.0. The third-order valence-corrected chi connectivity index (χ3v) is 5.34. The molecule has 0 radical (unpaired) electrons. The molecule has 0 atom stereocenters. The second kappa shape index (κ2) is 6.39. The molecule has 0 bridgehead atoms. The van der Waals surface area contributed by atoms with E-state index in [9.17, 15) is 13.2 Å². The number of nitrogens with two attached hydrogens (primary N) is 1. The van der Waals surface area contributed by atoms with E-state index in [1.165, 1.54) is 12.1 Å². The Morgan fingerprint density at radius 3 is 2.33 bits per heavy atom. The normalized spacial score (nSPS) is 15.0. The number of anilines is 1. The number of carbonyl (C=O) groups excluding carboxylic acids is 1. The molecule has 6 nitrogen and oxygen atoms in total. The Morgan fingerprint density at radius 2 is 1.81 bits per heavy atom. The third kappa shape index (κ3) is 4.23. The first-order chi connectivity index (χ1) is 9.81. The van der Waals surface area contributed by atoms with Crippen LogP contribution in [-0.2, 0) is 14.8 Å². The van der Waals surface area contributed by atoms with E-state index < -0.39 is 10.0 Å². The lowest BCUT2D eigenvalue weighted by atomic mass is 10.3. The Balaban J connectivity index is 1.96. The summed E-state index contributed by atoms with van der Waals surface area (Å²) in [4.78, 5) is 11.2. The predicted molar refractivity (Wildman–Crippen MR) is 81.8 cm³/mol. The van der Waals surface area contributed by atoms with E-state index in [2.05, 4.69) is 10.0 Å². The minimum absolute atomic E-state index is 0.0438. The van der Waals surface area contributed by atoms with Gasteiger partial charge < -0.3 is 11.1 Å². The van der Waals surface area contributed by atoms with Crippen molar-refractivity contribution in [2.24, 2.45) is 5.92 Å². The van der Waals surface area contributed by atoms with Gasteiger partial charge in [0, 0.05) is 24.7 Å². The molecule has 4 N–H and O–H groups in total. The van der Waals surface area contributed by atoms with Crippen LogP contribution in [0, 0.1) is 5.92 Å². The number of hydrogen-bond acceptors (Lipinski definition) is 4. The lowest BCUT2D eigenvalue weighted by molar-refractivity contribution is -0.122. The number of rotatable bonds is 6. The van der Waals surface area contributed by atoms with E-state index in [1.54, 1.807) is 0 Å². The fraction of sp³-hybridized carbons (Fsp3) is 0.417. The summed E-state index contributed by atoms with van der Waals surface area (Å²) in [7, 11) is -3.86. The van der Waals surface area contributed by atoms with Gasteiger partial charge in [-0.2, -0.15) is 0 Å². The van der Waals surface area contributed by atoms with Crippen molar-refractivity contribution in [3.63, 3.8) is 0 Å². The van der Waals surface area contributed by atoms with E-state index in [0.717, 1.165) is 12.8 Å². The Bertz CT molecular complexity index is 637. The van der Waals surface area contributed by atoms with Crippen LogP contribution in [0.4, 0.5) is 5.69 Å². The minimum Gasteiger partial charge on any atom is -0.399 e. The van der Waals surface area contributed by atoms with Gasteiger partial charge in [-0.25, -0.2) is 13.1 Å². The van der Waals surface area contributed by atoms with E-state index in [1.807, 2.05) is 0 Å². The van der Waals surface area contributed by atoms with Crippen LogP contribution in [0.5, 0.6) is 0 Å². The Hall–Kier alpha value is -1.02.